The standard InChI is InChI=1S/C12H7N3S2/c13-5-8-6-14-12(17-8)15-10-7-16-11-4-2-1-3-9(10)11/h1-4,6-7H,(H,14,15). The summed E-state index contributed by atoms with van der Waals surface area (Å²) in [6.45, 7) is 0. The van der Waals surface area contributed by atoms with Gasteiger partial charge in [0, 0.05) is 15.5 Å². The fourth-order valence-electron chi connectivity index (χ4n) is 1.57. The molecule has 0 saturated heterocycles. The Kier molecular flexibility index (Phi) is 2.52. The van der Waals surface area contributed by atoms with Crippen molar-refractivity contribution >= 4 is 43.6 Å². The van der Waals surface area contributed by atoms with Gasteiger partial charge < -0.3 is 5.32 Å². The highest BCUT2D eigenvalue weighted by Crippen LogP contribution is 2.32. The van der Waals surface area contributed by atoms with Crippen LogP contribution in [0.25, 0.3) is 10.1 Å². The van der Waals surface area contributed by atoms with Crippen LogP contribution < -0.4 is 5.32 Å². The number of hydrogen-bond acceptors (Lipinski definition) is 5. The quantitative estimate of drug-likeness (QED) is 0.755. The molecule has 0 saturated carbocycles. The molecule has 5 heteroatoms. The summed E-state index contributed by atoms with van der Waals surface area (Å²) in [5, 5.41) is 16.0. The van der Waals surface area contributed by atoms with E-state index in [1.807, 2.05) is 12.1 Å². The molecule has 0 fully saturated rings. The van der Waals surface area contributed by atoms with Crippen molar-refractivity contribution in [1.82, 2.24) is 4.98 Å². The van der Waals surface area contributed by atoms with Gasteiger partial charge in [-0.1, -0.05) is 29.5 Å². The third kappa shape index (κ3) is 1.88. The Balaban J connectivity index is 1.97. The summed E-state index contributed by atoms with van der Waals surface area (Å²) in [4.78, 5) is 4.78. The first-order chi connectivity index (χ1) is 8.36. The Morgan fingerprint density at radius 2 is 2.18 bits per heavy atom. The third-order valence-electron chi connectivity index (χ3n) is 2.34. The minimum absolute atomic E-state index is 0.618. The molecule has 0 radical (unpaired) electrons. The van der Waals surface area contributed by atoms with E-state index < -0.39 is 0 Å². The number of aromatic nitrogens is 1. The molecule has 0 unspecified atom stereocenters. The van der Waals surface area contributed by atoms with Gasteiger partial charge in [-0.3, -0.25) is 0 Å². The number of thiazole rings is 1. The number of rotatable bonds is 2. The van der Waals surface area contributed by atoms with Gasteiger partial charge in [0.25, 0.3) is 0 Å². The Bertz CT molecular complexity index is 706. The van der Waals surface area contributed by atoms with Gasteiger partial charge >= 0.3 is 0 Å². The normalized spacial score (nSPS) is 10.3. The summed E-state index contributed by atoms with van der Waals surface area (Å²) >= 11 is 3.06. The summed E-state index contributed by atoms with van der Waals surface area (Å²) in [5.74, 6) is 0. The van der Waals surface area contributed by atoms with Crippen molar-refractivity contribution in [2.75, 3.05) is 5.32 Å². The van der Waals surface area contributed by atoms with E-state index in [0.29, 0.717) is 4.88 Å². The lowest BCUT2D eigenvalue weighted by molar-refractivity contribution is 1.39. The molecule has 0 amide bonds. The maximum atomic E-state index is 8.74. The summed E-state index contributed by atoms with van der Waals surface area (Å²) < 4.78 is 1.24. The molecule has 0 bridgehead atoms. The van der Waals surface area contributed by atoms with Crippen LogP contribution in [0.15, 0.2) is 35.8 Å². The number of anilines is 2. The molecule has 0 spiro atoms. The Morgan fingerprint density at radius 3 is 3.00 bits per heavy atom. The summed E-state index contributed by atoms with van der Waals surface area (Å²) in [5.41, 5.74) is 1.05. The van der Waals surface area contributed by atoms with Crippen LogP contribution in [0.2, 0.25) is 0 Å². The molecule has 3 nitrogen and oxygen atoms in total. The van der Waals surface area contributed by atoms with Gasteiger partial charge in [-0.25, -0.2) is 4.98 Å². The largest absolute Gasteiger partial charge is 0.330 e. The van der Waals surface area contributed by atoms with Crippen molar-refractivity contribution in [1.29, 1.82) is 5.26 Å². The van der Waals surface area contributed by atoms with Crippen LogP contribution in [0.5, 0.6) is 0 Å². The molecule has 17 heavy (non-hydrogen) atoms. The number of fused-ring (bicyclic) bond motifs is 1. The van der Waals surface area contributed by atoms with Crippen molar-refractivity contribution in [2.45, 2.75) is 0 Å². The first kappa shape index (κ1) is 10.3. The van der Waals surface area contributed by atoms with E-state index in [1.54, 1.807) is 17.5 Å². The number of nitriles is 1. The minimum atomic E-state index is 0.618. The van der Waals surface area contributed by atoms with Crippen LogP contribution in [0.4, 0.5) is 10.8 Å². The minimum Gasteiger partial charge on any atom is -0.330 e. The van der Waals surface area contributed by atoms with Crippen LogP contribution in [-0.4, -0.2) is 4.98 Å². The average Bonchev–Trinajstić information content (AvgIpc) is 2.97. The van der Waals surface area contributed by atoms with E-state index in [2.05, 4.69) is 33.9 Å². The molecular weight excluding hydrogens is 250 g/mol. The lowest BCUT2D eigenvalue weighted by Crippen LogP contribution is -1.86. The molecule has 1 aromatic carbocycles. The van der Waals surface area contributed by atoms with E-state index in [0.717, 1.165) is 10.8 Å². The van der Waals surface area contributed by atoms with E-state index in [-0.39, 0.29) is 0 Å². The van der Waals surface area contributed by atoms with Crippen LogP contribution in [0.1, 0.15) is 4.88 Å². The third-order valence-corrected chi connectivity index (χ3v) is 4.12. The second-order valence-corrected chi connectivity index (χ2v) is 5.35. The maximum Gasteiger partial charge on any atom is 0.188 e. The first-order valence-corrected chi connectivity index (χ1v) is 6.65. The average molecular weight is 257 g/mol. The second kappa shape index (κ2) is 4.17. The molecule has 0 aliphatic carbocycles. The van der Waals surface area contributed by atoms with Crippen molar-refractivity contribution in [3.05, 3.63) is 40.7 Å². The Labute approximate surface area is 106 Å². The number of nitrogens with one attached hydrogen (secondary N) is 1. The van der Waals surface area contributed by atoms with Gasteiger partial charge in [0.05, 0.1) is 11.9 Å². The summed E-state index contributed by atoms with van der Waals surface area (Å²) in [7, 11) is 0. The van der Waals surface area contributed by atoms with Gasteiger partial charge in [-0.15, -0.1) is 11.3 Å². The zero-order valence-electron chi connectivity index (χ0n) is 8.68. The SMILES string of the molecule is N#Cc1cnc(Nc2csc3ccccc23)s1. The van der Waals surface area contributed by atoms with E-state index in [1.165, 1.54) is 21.4 Å². The van der Waals surface area contributed by atoms with Crippen molar-refractivity contribution in [3.63, 3.8) is 0 Å². The topological polar surface area (TPSA) is 48.7 Å². The summed E-state index contributed by atoms with van der Waals surface area (Å²) in [6, 6.07) is 10.3. The monoisotopic (exact) mass is 257 g/mol. The fraction of sp³-hybridized carbons (Fsp3) is 0. The van der Waals surface area contributed by atoms with Crippen LogP contribution >= 0.6 is 22.7 Å². The number of hydrogen-bond donors (Lipinski definition) is 1. The highest BCUT2D eigenvalue weighted by molar-refractivity contribution is 7.18. The predicted octanol–water partition coefficient (Wildman–Crippen LogP) is 3.97. The lowest BCUT2D eigenvalue weighted by Gasteiger charge is -1.99. The van der Waals surface area contributed by atoms with Gasteiger partial charge in [0.15, 0.2) is 5.13 Å². The van der Waals surface area contributed by atoms with Gasteiger partial charge in [0.1, 0.15) is 10.9 Å². The zero-order chi connectivity index (χ0) is 11.7. The van der Waals surface area contributed by atoms with E-state index >= 15 is 0 Å². The molecule has 0 aliphatic rings. The molecule has 2 heterocycles. The molecule has 2 aromatic heterocycles. The first-order valence-electron chi connectivity index (χ1n) is 4.96. The number of benzene rings is 1. The molecule has 3 aromatic rings. The molecule has 0 aliphatic heterocycles. The second-order valence-electron chi connectivity index (χ2n) is 3.41. The highest BCUT2D eigenvalue weighted by atomic mass is 32.1. The Hall–Kier alpha value is -1.90. The van der Waals surface area contributed by atoms with Crippen molar-refractivity contribution in [2.24, 2.45) is 0 Å². The molecule has 1 N–H and O–H groups in total. The maximum absolute atomic E-state index is 8.74. The number of nitrogens with zero attached hydrogens (tertiary/aromatic N) is 2. The van der Waals surface area contributed by atoms with Crippen LogP contribution in [0.3, 0.4) is 0 Å². The Morgan fingerprint density at radius 1 is 1.29 bits per heavy atom. The van der Waals surface area contributed by atoms with E-state index in [9.17, 15) is 0 Å². The van der Waals surface area contributed by atoms with Crippen molar-refractivity contribution in [3.8, 4) is 6.07 Å². The predicted molar refractivity (Wildman–Crippen MR) is 71.9 cm³/mol. The van der Waals surface area contributed by atoms with Crippen LogP contribution in [-0.2, 0) is 0 Å². The molecule has 82 valence electrons. The van der Waals surface area contributed by atoms with Crippen molar-refractivity contribution < 1.29 is 0 Å². The highest BCUT2D eigenvalue weighted by Gasteiger charge is 2.06. The fourth-order valence-corrected chi connectivity index (χ4v) is 3.09. The van der Waals surface area contributed by atoms with Crippen LogP contribution in [0, 0.1) is 11.3 Å². The molecule has 0 atom stereocenters. The zero-order valence-corrected chi connectivity index (χ0v) is 10.3. The van der Waals surface area contributed by atoms with Gasteiger partial charge in [-0.2, -0.15) is 5.26 Å². The summed E-state index contributed by atoms with van der Waals surface area (Å²) in [6.07, 6.45) is 1.58. The molecular formula is C12H7N3S2. The number of thiophene rings is 1. The lowest BCUT2D eigenvalue weighted by atomic mass is 10.2. The molecule has 3 rings (SSSR count). The van der Waals surface area contributed by atoms with Gasteiger partial charge in [-0.05, 0) is 6.07 Å². The smallest absolute Gasteiger partial charge is 0.188 e. The van der Waals surface area contributed by atoms with Gasteiger partial charge in [0.2, 0.25) is 0 Å². The van der Waals surface area contributed by atoms with E-state index in [4.69, 9.17) is 5.26 Å².